The van der Waals surface area contributed by atoms with Gasteiger partial charge in [-0.15, -0.1) is 0 Å². The van der Waals surface area contributed by atoms with E-state index < -0.39 is 28.7 Å². The van der Waals surface area contributed by atoms with Crippen molar-refractivity contribution in [2.45, 2.75) is 39.0 Å². The van der Waals surface area contributed by atoms with E-state index in [-0.39, 0.29) is 23.3 Å². The van der Waals surface area contributed by atoms with Crippen LogP contribution in [0.4, 0.5) is 13.2 Å². The third-order valence-corrected chi connectivity index (χ3v) is 5.21. The zero-order chi connectivity index (χ0) is 23.4. The fourth-order valence-electron chi connectivity index (χ4n) is 3.34. The smallest absolute Gasteiger partial charge is 0.416 e. The van der Waals surface area contributed by atoms with E-state index >= 15 is 0 Å². The lowest BCUT2D eigenvalue weighted by molar-refractivity contribution is -0.137. The number of hydrogen-bond donors (Lipinski definition) is 1. The summed E-state index contributed by atoms with van der Waals surface area (Å²) in [5.41, 5.74) is -2.23. The van der Waals surface area contributed by atoms with E-state index in [0.29, 0.717) is 5.57 Å². The number of aliphatic hydroxyl groups is 1. The largest absolute Gasteiger partial charge is 0.466 e. The van der Waals surface area contributed by atoms with Crippen molar-refractivity contribution in [1.82, 2.24) is 0 Å². The van der Waals surface area contributed by atoms with Crippen LogP contribution in [0.15, 0.2) is 65.8 Å². The van der Waals surface area contributed by atoms with Crippen LogP contribution in [-0.2, 0) is 20.5 Å². The Kier molecular flexibility index (Phi) is 7.11. The van der Waals surface area contributed by atoms with Gasteiger partial charge in [-0.3, -0.25) is 4.79 Å². The Bertz CT molecular complexity index is 981. The van der Waals surface area contributed by atoms with E-state index in [0.717, 1.165) is 12.1 Å². The first-order chi connectivity index (χ1) is 14.3. The molecule has 0 saturated carbocycles. The van der Waals surface area contributed by atoms with Crippen LogP contribution in [0.3, 0.4) is 0 Å². The molecule has 1 N–H and O–H groups in total. The zero-order valence-corrected chi connectivity index (χ0v) is 17.8. The average Bonchev–Trinajstić information content (AvgIpc) is 2.67. The van der Waals surface area contributed by atoms with Crippen LogP contribution in [-0.4, -0.2) is 29.6 Å². The van der Waals surface area contributed by atoms with Crippen molar-refractivity contribution in [3.05, 3.63) is 76.9 Å². The molecule has 0 aliphatic heterocycles. The van der Waals surface area contributed by atoms with Crippen molar-refractivity contribution < 1.29 is 32.6 Å². The van der Waals surface area contributed by atoms with Gasteiger partial charge in [-0.05, 0) is 47.9 Å². The Balaban J connectivity index is 2.45. The van der Waals surface area contributed by atoms with E-state index in [1.165, 1.54) is 49.6 Å². The summed E-state index contributed by atoms with van der Waals surface area (Å²) < 4.78 is 43.5. The van der Waals surface area contributed by atoms with Crippen molar-refractivity contribution in [2.75, 3.05) is 7.11 Å². The molecule has 1 aliphatic carbocycles. The first-order valence-corrected chi connectivity index (χ1v) is 9.57. The molecule has 0 heterocycles. The van der Waals surface area contributed by atoms with Crippen LogP contribution >= 0.6 is 0 Å². The van der Waals surface area contributed by atoms with Crippen LogP contribution in [0.1, 0.15) is 38.3 Å². The average molecular weight is 434 g/mol. The number of esters is 1. The molecule has 4 nitrogen and oxygen atoms in total. The lowest BCUT2D eigenvalue weighted by atomic mass is 9.64. The fourth-order valence-corrected chi connectivity index (χ4v) is 3.34. The second-order valence-electron chi connectivity index (χ2n) is 8.09. The maximum atomic E-state index is 13.0. The summed E-state index contributed by atoms with van der Waals surface area (Å²) in [6, 6.07) is 4.75. The number of carbonyl (C=O) groups excluding carboxylic acids is 2. The number of allylic oxidation sites excluding steroid dienone is 3. The summed E-state index contributed by atoms with van der Waals surface area (Å²) in [6.45, 7) is 5.10. The highest BCUT2D eigenvalue weighted by atomic mass is 19.4. The quantitative estimate of drug-likeness (QED) is 0.400. The van der Waals surface area contributed by atoms with Crippen molar-refractivity contribution in [3.63, 3.8) is 0 Å². The van der Waals surface area contributed by atoms with Crippen LogP contribution in [0.2, 0.25) is 0 Å². The second kappa shape index (κ2) is 9.06. The van der Waals surface area contributed by atoms with Gasteiger partial charge >= 0.3 is 12.1 Å². The number of alkyl halides is 3. The molecule has 0 fully saturated rings. The molecule has 1 atom stereocenters. The van der Waals surface area contributed by atoms with Gasteiger partial charge < -0.3 is 9.84 Å². The van der Waals surface area contributed by atoms with Gasteiger partial charge in [-0.1, -0.05) is 44.2 Å². The molecule has 7 heteroatoms. The Morgan fingerprint density at radius 3 is 2.52 bits per heavy atom. The normalized spacial score (nSPS) is 22.1. The molecule has 0 aromatic heterocycles. The molecule has 166 valence electrons. The Morgan fingerprint density at radius 1 is 1.23 bits per heavy atom. The third kappa shape index (κ3) is 5.82. The van der Waals surface area contributed by atoms with Gasteiger partial charge in [0.05, 0.1) is 12.7 Å². The molecule has 0 radical (unpaired) electrons. The van der Waals surface area contributed by atoms with E-state index in [2.05, 4.69) is 4.74 Å². The predicted octanol–water partition coefficient (Wildman–Crippen LogP) is 5.05. The topological polar surface area (TPSA) is 63.6 Å². The number of ketones is 1. The monoisotopic (exact) mass is 434 g/mol. The van der Waals surface area contributed by atoms with Gasteiger partial charge in [-0.2, -0.15) is 13.2 Å². The number of hydrogen-bond acceptors (Lipinski definition) is 4. The van der Waals surface area contributed by atoms with Gasteiger partial charge in [0, 0.05) is 17.9 Å². The van der Waals surface area contributed by atoms with Crippen molar-refractivity contribution >= 4 is 17.8 Å². The van der Waals surface area contributed by atoms with Crippen LogP contribution < -0.4 is 0 Å². The summed E-state index contributed by atoms with van der Waals surface area (Å²) in [5.74, 6) is -0.749. The summed E-state index contributed by atoms with van der Waals surface area (Å²) in [7, 11) is 1.25. The highest BCUT2D eigenvalue weighted by molar-refractivity contribution is 5.94. The Hall–Kier alpha value is -2.93. The number of halogens is 3. The number of benzene rings is 1. The minimum absolute atomic E-state index is 0.0779. The lowest BCUT2D eigenvalue weighted by Crippen LogP contribution is -2.48. The van der Waals surface area contributed by atoms with E-state index in [9.17, 15) is 27.9 Å². The molecule has 0 saturated heterocycles. The number of ether oxygens (including phenoxy) is 1. The lowest BCUT2D eigenvalue weighted by Gasteiger charge is -2.44. The molecule has 1 aliphatic rings. The molecule has 2 rings (SSSR count). The molecule has 0 unspecified atom stereocenters. The van der Waals surface area contributed by atoms with E-state index in [1.54, 1.807) is 26.8 Å². The summed E-state index contributed by atoms with van der Waals surface area (Å²) in [5, 5.41) is 11.5. The second-order valence-corrected chi connectivity index (χ2v) is 8.09. The molecular weight excluding hydrogens is 409 g/mol. The van der Waals surface area contributed by atoms with Gasteiger partial charge in [0.15, 0.2) is 5.78 Å². The SMILES string of the molecule is COC(=O)/C=C(C)\C=C\[C@@]1(O)C(/C=C/c2cccc(C(F)(F)F)c2)=CC(=O)CC1(C)C. The minimum atomic E-state index is -4.47. The number of carbonyl (C=O) groups is 2. The minimum Gasteiger partial charge on any atom is -0.466 e. The van der Waals surface area contributed by atoms with Crippen molar-refractivity contribution in [1.29, 1.82) is 0 Å². The fraction of sp³-hybridized carbons (Fsp3) is 0.333. The summed E-state index contributed by atoms with van der Waals surface area (Å²) in [4.78, 5) is 23.6. The van der Waals surface area contributed by atoms with Crippen molar-refractivity contribution in [3.8, 4) is 0 Å². The first-order valence-electron chi connectivity index (χ1n) is 9.57. The Morgan fingerprint density at radius 2 is 1.90 bits per heavy atom. The van der Waals surface area contributed by atoms with Crippen LogP contribution in [0.5, 0.6) is 0 Å². The van der Waals surface area contributed by atoms with Gasteiger partial charge in [0.25, 0.3) is 0 Å². The summed E-state index contributed by atoms with van der Waals surface area (Å²) in [6.07, 6.45) is 4.04. The highest BCUT2D eigenvalue weighted by Gasteiger charge is 2.47. The molecule has 0 spiro atoms. The molecule has 1 aromatic carbocycles. The zero-order valence-electron chi connectivity index (χ0n) is 17.8. The molecular formula is C24H25F3O4. The molecule has 0 amide bonds. The maximum absolute atomic E-state index is 13.0. The number of rotatable bonds is 5. The van der Waals surface area contributed by atoms with Gasteiger partial charge in [0.1, 0.15) is 5.60 Å². The third-order valence-electron chi connectivity index (χ3n) is 5.21. The van der Waals surface area contributed by atoms with E-state index in [1.807, 2.05) is 0 Å². The number of methoxy groups -OCH3 is 1. The maximum Gasteiger partial charge on any atom is 0.416 e. The predicted molar refractivity (Wildman–Crippen MR) is 112 cm³/mol. The van der Waals surface area contributed by atoms with Gasteiger partial charge in [0.2, 0.25) is 0 Å². The molecule has 31 heavy (non-hydrogen) atoms. The molecule has 1 aromatic rings. The van der Waals surface area contributed by atoms with Crippen molar-refractivity contribution in [2.24, 2.45) is 5.41 Å². The van der Waals surface area contributed by atoms with Crippen LogP contribution in [0, 0.1) is 5.41 Å². The Labute approximate surface area is 179 Å². The highest BCUT2D eigenvalue weighted by Crippen LogP contribution is 2.45. The summed E-state index contributed by atoms with van der Waals surface area (Å²) >= 11 is 0. The standard InChI is InChI=1S/C24H25F3O4/c1-16(12-21(29)31-4)10-11-23(30)18(14-20(28)15-22(23,2)3)9-8-17-6-5-7-19(13-17)24(25,26)27/h5-14,30H,15H2,1-4H3/b9-8+,11-10+,16-12-/t23-/m1/s1. The first kappa shape index (κ1) is 24.3. The van der Waals surface area contributed by atoms with Gasteiger partial charge in [-0.25, -0.2) is 4.79 Å². The van der Waals surface area contributed by atoms with E-state index in [4.69, 9.17) is 0 Å². The molecule has 0 bridgehead atoms. The van der Waals surface area contributed by atoms with Crippen LogP contribution in [0.25, 0.3) is 6.08 Å².